The monoisotopic (exact) mass is 427 g/mol. The quantitative estimate of drug-likeness (QED) is 0.676. The van der Waals surface area contributed by atoms with E-state index in [1.807, 2.05) is 53.4 Å². The number of amides is 2. The maximum atomic E-state index is 12.5. The Hall–Kier alpha value is -2.41. The molecule has 1 aromatic heterocycles. The lowest BCUT2D eigenvalue weighted by molar-refractivity contribution is -0.131. The number of nitrogens with zero attached hydrogens (tertiary/aromatic N) is 2. The maximum Gasteiger partial charge on any atom is 0.251 e. The van der Waals surface area contributed by atoms with Crippen molar-refractivity contribution in [1.82, 2.24) is 15.1 Å². The van der Waals surface area contributed by atoms with Crippen LogP contribution in [0.5, 0.6) is 0 Å². The lowest BCUT2D eigenvalue weighted by Gasteiger charge is -2.34. The van der Waals surface area contributed by atoms with Gasteiger partial charge < -0.3 is 10.2 Å². The Bertz CT molecular complexity index is 1030. The molecule has 1 saturated heterocycles. The third-order valence-electron chi connectivity index (χ3n) is 5.15. The largest absolute Gasteiger partial charge is 0.343 e. The summed E-state index contributed by atoms with van der Waals surface area (Å²) < 4.78 is 0.802. The highest BCUT2D eigenvalue weighted by molar-refractivity contribution is 7.16. The van der Waals surface area contributed by atoms with E-state index in [0.717, 1.165) is 34.7 Å². The van der Waals surface area contributed by atoms with Crippen molar-refractivity contribution in [1.29, 1.82) is 0 Å². The molecule has 1 fully saturated rings. The summed E-state index contributed by atoms with van der Waals surface area (Å²) in [6.07, 6.45) is 0. The molecule has 1 aliphatic heterocycles. The highest BCUT2D eigenvalue weighted by Crippen LogP contribution is 2.23. The first kappa shape index (κ1) is 19.9. The average molecular weight is 428 g/mol. The molecule has 150 valence electrons. The Labute approximate surface area is 178 Å². The Morgan fingerprint density at radius 2 is 1.72 bits per heavy atom. The van der Waals surface area contributed by atoms with Gasteiger partial charge in [-0.3, -0.25) is 14.5 Å². The number of fused-ring (bicyclic) bond motifs is 1. The van der Waals surface area contributed by atoms with Crippen LogP contribution in [0.15, 0.2) is 54.6 Å². The molecule has 0 unspecified atom stereocenters. The van der Waals surface area contributed by atoms with Gasteiger partial charge in [0, 0.05) is 43.2 Å². The molecule has 0 spiro atoms. The van der Waals surface area contributed by atoms with E-state index < -0.39 is 0 Å². The standard InChI is InChI=1S/C22H22ClN3O2S/c23-20-8-7-19(29-20)15-25-9-11-26(12-10-25)21(27)14-24-22(28)18-6-5-16-3-1-2-4-17(16)13-18/h1-8,13H,9-12,14-15H2,(H,24,28). The lowest BCUT2D eigenvalue weighted by atomic mass is 10.1. The van der Waals surface area contributed by atoms with Gasteiger partial charge >= 0.3 is 0 Å². The zero-order valence-corrected chi connectivity index (χ0v) is 17.5. The van der Waals surface area contributed by atoms with E-state index in [1.165, 1.54) is 4.88 Å². The van der Waals surface area contributed by atoms with Gasteiger partial charge in [-0.05, 0) is 35.0 Å². The molecule has 0 saturated carbocycles. The zero-order valence-electron chi connectivity index (χ0n) is 15.9. The van der Waals surface area contributed by atoms with Crippen LogP contribution in [0, 0.1) is 0 Å². The molecule has 0 aliphatic carbocycles. The van der Waals surface area contributed by atoms with Gasteiger partial charge in [-0.25, -0.2) is 0 Å². The summed E-state index contributed by atoms with van der Waals surface area (Å²) in [5, 5.41) is 4.85. The lowest BCUT2D eigenvalue weighted by Crippen LogP contribution is -2.50. The van der Waals surface area contributed by atoms with Crippen LogP contribution in [0.3, 0.4) is 0 Å². The first-order valence-corrected chi connectivity index (χ1v) is 10.8. The minimum atomic E-state index is -0.225. The molecule has 1 aliphatic rings. The second-order valence-corrected chi connectivity index (χ2v) is 8.91. The Morgan fingerprint density at radius 3 is 2.45 bits per heavy atom. The van der Waals surface area contributed by atoms with Crippen LogP contribution in [0.1, 0.15) is 15.2 Å². The Kier molecular flexibility index (Phi) is 6.13. The van der Waals surface area contributed by atoms with Crippen LogP contribution in [0.25, 0.3) is 10.8 Å². The number of rotatable bonds is 5. The summed E-state index contributed by atoms with van der Waals surface area (Å²) in [6, 6.07) is 17.4. The molecule has 7 heteroatoms. The second-order valence-electron chi connectivity index (χ2n) is 7.11. The first-order chi connectivity index (χ1) is 14.1. The number of benzene rings is 2. The van der Waals surface area contributed by atoms with Crippen LogP contribution in [-0.4, -0.2) is 54.3 Å². The number of hydrogen-bond donors (Lipinski definition) is 1. The summed E-state index contributed by atoms with van der Waals surface area (Å²) in [5.74, 6) is -0.268. The third-order valence-corrected chi connectivity index (χ3v) is 6.36. The van der Waals surface area contributed by atoms with E-state index in [2.05, 4.69) is 10.2 Å². The van der Waals surface area contributed by atoms with Crippen molar-refractivity contribution >= 4 is 45.5 Å². The minimum Gasteiger partial charge on any atom is -0.343 e. The van der Waals surface area contributed by atoms with E-state index in [1.54, 1.807) is 17.4 Å². The molecular weight excluding hydrogens is 406 g/mol. The smallest absolute Gasteiger partial charge is 0.251 e. The summed E-state index contributed by atoms with van der Waals surface area (Å²) in [5.41, 5.74) is 0.566. The van der Waals surface area contributed by atoms with Crippen molar-refractivity contribution in [3.8, 4) is 0 Å². The normalized spacial score (nSPS) is 14.9. The molecule has 4 rings (SSSR count). The van der Waals surface area contributed by atoms with Crippen LogP contribution in [-0.2, 0) is 11.3 Å². The third kappa shape index (κ3) is 4.96. The number of carbonyl (C=O) groups is 2. The van der Waals surface area contributed by atoms with Gasteiger partial charge in [0.05, 0.1) is 10.9 Å². The molecule has 2 heterocycles. The molecule has 5 nitrogen and oxygen atoms in total. The van der Waals surface area contributed by atoms with Gasteiger partial charge in [0.15, 0.2) is 0 Å². The van der Waals surface area contributed by atoms with Crippen molar-refractivity contribution in [2.24, 2.45) is 0 Å². The van der Waals surface area contributed by atoms with Crippen molar-refractivity contribution in [3.63, 3.8) is 0 Å². The van der Waals surface area contributed by atoms with Crippen molar-refractivity contribution in [2.45, 2.75) is 6.54 Å². The summed E-state index contributed by atoms with van der Waals surface area (Å²) >= 11 is 7.58. The molecule has 0 radical (unpaired) electrons. The Balaban J connectivity index is 1.25. The predicted molar refractivity (Wildman–Crippen MR) is 117 cm³/mol. The summed E-state index contributed by atoms with van der Waals surface area (Å²) in [4.78, 5) is 30.3. The molecule has 3 aromatic rings. The fourth-order valence-electron chi connectivity index (χ4n) is 3.51. The number of carbonyl (C=O) groups excluding carboxylic acids is 2. The predicted octanol–water partition coefficient (Wildman–Crippen LogP) is 3.63. The molecule has 2 aromatic carbocycles. The van der Waals surface area contributed by atoms with Gasteiger partial charge in [0.2, 0.25) is 5.91 Å². The summed E-state index contributed by atoms with van der Waals surface area (Å²) in [7, 11) is 0. The molecule has 0 bridgehead atoms. The van der Waals surface area contributed by atoms with E-state index in [9.17, 15) is 9.59 Å². The number of nitrogens with one attached hydrogen (secondary N) is 1. The maximum absolute atomic E-state index is 12.5. The second kappa shape index (κ2) is 8.95. The van der Waals surface area contributed by atoms with Gasteiger partial charge in [-0.1, -0.05) is 41.9 Å². The van der Waals surface area contributed by atoms with Crippen LogP contribution in [0.2, 0.25) is 4.34 Å². The number of hydrogen-bond acceptors (Lipinski definition) is 4. The van der Waals surface area contributed by atoms with Gasteiger partial charge in [0.1, 0.15) is 0 Å². The average Bonchev–Trinajstić information content (AvgIpc) is 3.16. The van der Waals surface area contributed by atoms with Gasteiger partial charge in [-0.15, -0.1) is 11.3 Å². The zero-order chi connectivity index (χ0) is 20.2. The van der Waals surface area contributed by atoms with E-state index >= 15 is 0 Å². The first-order valence-electron chi connectivity index (χ1n) is 9.60. The fourth-order valence-corrected chi connectivity index (χ4v) is 4.64. The van der Waals surface area contributed by atoms with E-state index in [-0.39, 0.29) is 18.4 Å². The van der Waals surface area contributed by atoms with E-state index in [0.29, 0.717) is 18.7 Å². The minimum absolute atomic E-state index is 0.0200. The number of thiophene rings is 1. The fraction of sp³-hybridized carbons (Fsp3) is 0.273. The van der Waals surface area contributed by atoms with Crippen molar-refractivity contribution in [2.75, 3.05) is 32.7 Å². The van der Waals surface area contributed by atoms with Crippen LogP contribution < -0.4 is 5.32 Å². The van der Waals surface area contributed by atoms with E-state index in [4.69, 9.17) is 11.6 Å². The highest BCUT2D eigenvalue weighted by Gasteiger charge is 2.22. The summed E-state index contributed by atoms with van der Waals surface area (Å²) in [6.45, 7) is 3.86. The number of piperazine rings is 1. The highest BCUT2D eigenvalue weighted by atomic mass is 35.5. The topological polar surface area (TPSA) is 52.7 Å². The van der Waals surface area contributed by atoms with Gasteiger partial charge in [-0.2, -0.15) is 0 Å². The van der Waals surface area contributed by atoms with Crippen LogP contribution in [0.4, 0.5) is 0 Å². The molecule has 0 atom stereocenters. The van der Waals surface area contributed by atoms with Gasteiger partial charge in [0.25, 0.3) is 5.91 Å². The molecule has 29 heavy (non-hydrogen) atoms. The van der Waals surface area contributed by atoms with Crippen molar-refractivity contribution in [3.05, 3.63) is 69.4 Å². The molecule has 2 amide bonds. The van der Waals surface area contributed by atoms with Crippen LogP contribution >= 0.6 is 22.9 Å². The Morgan fingerprint density at radius 1 is 0.966 bits per heavy atom. The molecule has 1 N–H and O–H groups in total. The molecular formula is C22H22ClN3O2S. The number of halogens is 1. The SMILES string of the molecule is O=C(NCC(=O)N1CCN(Cc2ccc(Cl)s2)CC1)c1ccc2ccccc2c1. The van der Waals surface area contributed by atoms with Crippen molar-refractivity contribution < 1.29 is 9.59 Å².